The second-order valence-corrected chi connectivity index (χ2v) is 8.86. The van der Waals surface area contributed by atoms with Crippen molar-refractivity contribution < 1.29 is 9.21 Å². The number of nitrogens with zero attached hydrogens (tertiary/aromatic N) is 4. The van der Waals surface area contributed by atoms with Crippen LogP contribution in [0, 0.1) is 24.2 Å². The summed E-state index contributed by atoms with van der Waals surface area (Å²) in [5, 5.41) is 10.0. The van der Waals surface area contributed by atoms with Crippen LogP contribution in [0.2, 0.25) is 0 Å². The fraction of sp³-hybridized carbons (Fsp3) is 0.385. The first-order chi connectivity index (χ1) is 15.4. The molecule has 1 aromatic carbocycles. The normalized spacial score (nSPS) is 21.9. The summed E-state index contributed by atoms with van der Waals surface area (Å²) in [4.78, 5) is 19.5. The minimum Gasteiger partial charge on any atom is -0.472 e. The molecule has 0 radical (unpaired) electrons. The van der Waals surface area contributed by atoms with E-state index >= 15 is 0 Å². The van der Waals surface area contributed by atoms with Gasteiger partial charge in [0, 0.05) is 37.1 Å². The fourth-order valence-corrected chi connectivity index (χ4v) is 4.71. The Balaban J connectivity index is 1.66. The molecule has 0 spiro atoms. The largest absolute Gasteiger partial charge is 0.472 e. The monoisotopic (exact) mass is 430 g/mol. The van der Waals surface area contributed by atoms with Gasteiger partial charge < -0.3 is 14.2 Å². The van der Waals surface area contributed by atoms with E-state index in [0.717, 1.165) is 11.3 Å². The van der Waals surface area contributed by atoms with Gasteiger partial charge >= 0.3 is 0 Å². The molecule has 1 saturated heterocycles. The molecule has 0 bridgehead atoms. The molecule has 2 atom stereocenters. The molecule has 6 heteroatoms. The van der Waals surface area contributed by atoms with Crippen molar-refractivity contribution in [1.82, 2.24) is 9.80 Å². The van der Waals surface area contributed by atoms with E-state index in [1.807, 2.05) is 23.1 Å². The molecule has 1 aromatic heterocycles. The third-order valence-corrected chi connectivity index (χ3v) is 6.36. The molecule has 166 valence electrons. The molecule has 4 rings (SSSR count). The average Bonchev–Trinajstić information content (AvgIpc) is 3.33. The quantitative estimate of drug-likeness (QED) is 0.711. The number of furan rings is 1. The van der Waals surface area contributed by atoms with Crippen molar-refractivity contribution in [3.63, 3.8) is 0 Å². The van der Waals surface area contributed by atoms with E-state index in [1.54, 1.807) is 6.07 Å². The maximum atomic E-state index is 12.9. The van der Waals surface area contributed by atoms with E-state index in [4.69, 9.17) is 4.42 Å². The molecule has 0 saturated carbocycles. The van der Waals surface area contributed by atoms with Crippen LogP contribution in [0.1, 0.15) is 36.7 Å². The van der Waals surface area contributed by atoms with E-state index < -0.39 is 0 Å². The van der Waals surface area contributed by atoms with Gasteiger partial charge in [-0.2, -0.15) is 5.26 Å². The summed E-state index contributed by atoms with van der Waals surface area (Å²) in [6.07, 6.45) is 6.87. The lowest BCUT2D eigenvalue weighted by molar-refractivity contribution is 0.0428. The number of carbonyl (C=O) groups excluding carboxylic acids is 1. The van der Waals surface area contributed by atoms with E-state index in [2.05, 4.69) is 61.8 Å². The molecule has 2 aromatic rings. The zero-order valence-electron chi connectivity index (χ0n) is 19.2. The van der Waals surface area contributed by atoms with E-state index in [0.29, 0.717) is 31.1 Å². The van der Waals surface area contributed by atoms with Crippen LogP contribution < -0.4 is 4.90 Å². The number of hydrogen-bond acceptors (Lipinski definition) is 5. The summed E-state index contributed by atoms with van der Waals surface area (Å²) < 4.78 is 5.10. The average molecular weight is 431 g/mol. The fourth-order valence-electron chi connectivity index (χ4n) is 4.71. The van der Waals surface area contributed by atoms with Gasteiger partial charge in [0.1, 0.15) is 12.4 Å². The summed E-state index contributed by atoms with van der Waals surface area (Å²) >= 11 is 0. The number of rotatable bonds is 4. The summed E-state index contributed by atoms with van der Waals surface area (Å²) in [6, 6.07) is 12.5. The smallest absolute Gasteiger partial charge is 0.257 e. The van der Waals surface area contributed by atoms with E-state index in [9.17, 15) is 10.1 Å². The molecule has 2 aliphatic heterocycles. The van der Waals surface area contributed by atoms with E-state index in [1.165, 1.54) is 23.8 Å². The molecule has 6 nitrogen and oxygen atoms in total. The zero-order chi connectivity index (χ0) is 22.8. The minimum absolute atomic E-state index is 0.0101. The summed E-state index contributed by atoms with van der Waals surface area (Å²) in [6.45, 7) is 10.5. The number of allylic oxidation sites excluding steroid dienone is 3. The molecule has 2 aliphatic rings. The highest BCUT2D eigenvalue weighted by Crippen LogP contribution is 2.36. The van der Waals surface area contributed by atoms with Crippen LogP contribution in [-0.2, 0) is 0 Å². The van der Waals surface area contributed by atoms with Crippen molar-refractivity contribution in [1.29, 1.82) is 5.26 Å². The lowest BCUT2D eigenvalue weighted by atomic mass is 9.97. The third-order valence-electron chi connectivity index (χ3n) is 6.36. The first-order valence-corrected chi connectivity index (χ1v) is 11.2. The van der Waals surface area contributed by atoms with E-state index in [-0.39, 0.29) is 18.1 Å². The van der Waals surface area contributed by atoms with Crippen molar-refractivity contribution in [2.24, 2.45) is 5.92 Å². The van der Waals surface area contributed by atoms with Gasteiger partial charge in [-0.05, 0) is 49.6 Å². The van der Waals surface area contributed by atoms with Crippen molar-refractivity contribution in [2.45, 2.75) is 39.9 Å². The Morgan fingerprint density at radius 1 is 1.19 bits per heavy atom. The van der Waals surface area contributed by atoms with Crippen LogP contribution in [0.25, 0.3) is 0 Å². The van der Waals surface area contributed by atoms with Crippen molar-refractivity contribution in [2.75, 3.05) is 24.5 Å². The van der Waals surface area contributed by atoms with Gasteiger partial charge in [0.15, 0.2) is 0 Å². The number of carbonyl (C=O) groups is 1. The Morgan fingerprint density at radius 3 is 2.59 bits per heavy atom. The summed E-state index contributed by atoms with van der Waals surface area (Å²) in [5.74, 6) is 0.291. The van der Waals surface area contributed by atoms with Gasteiger partial charge in [-0.1, -0.05) is 32.0 Å². The number of para-hydroxylation sites is 1. The number of aryl methyl sites for hydroxylation is 1. The number of amides is 1. The highest BCUT2D eigenvalue weighted by atomic mass is 16.3. The Morgan fingerprint density at radius 2 is 1.97 bits per heavy atom. The van der Waals surface area contributed by atoms with Gasteiger partial charge in [0.05, 0.1) is 23.5 Å². The zero-order valence-corrected chi connectivity index (χ0v) is 19.2. The molecule has 1 amide bonds. The summed E-state index contributed by atoms with van der Waals surface area (Å²) in [7, 11) is 0. The second kappa shape index (κ2) is 9.05. The topological polar surface area (TPSA) is 63.7 Å². The molecular formula is C26H30N4O2. The second-order valence-electron chi connectivity index (χ2n) is 8.86. The number of hydrogen-bond donors (Lipinski definition) is 0. The number of piperazine rings is 1. The molecular weight excluding hydrogens is 400 g/mol. The standard InChI is InChI=1S/C26H30N4O2/c1-18(2)23-10-9-21(15-27)25(30(23)24-8-6-5-7-19(24)3)28-12-13-29(20(4)16-28)26(31)22-11-14-32-17-22/h5-11,14,17-18,20,25H,12-13,16H2,1-4H3/t20?,25-/m1/s1. The minimum atomic E-state index is -0.197. The predicted octanol–water partition coefficient (Wildman–Crippen LogP) is 4.57. The van der Waals surface area contributed by atoms with Gasteiger partial charge in [-0.25, -0.2) is 0 Å². The SMILES string of the molecule is Cc1ccccc1N1C(C(C)C)=CC=C(C#N)[C@@H]1N1CCN(C(=O)c2ccoc2)C(C)C1. The lowest BCUT2D eigenvalue weighted by Crippen LogP contribution is -2.61. The summed E-state index contributed by atoms with van der Waals surface area (Å²) in [5.41, 5.74) is 4.77. The third kappa shape index (κ3) is 3.96. The molecule has 0 aliphatic carbocycles. The van der Waals surface area contributed by atoms with Crippen LogP contribution in [-0.4, -0.2) is 47.5 Å². The van der Waals surface area contributed by atoms with Crippen molar-refractivity contribution in [3.05, 3.63) is 77.4 Å². The number of benzene rings is 1. The van der Waals surface area contributed by atoms with Crippen molar-refractivity contribution >= 4 is 11.6 Å². The maximum Gasteiger partial charge on any atom is 0.257 e. The number of nitriles is 1. The highest BCUT2D eigenvalue weighted by Gasteiger charge is 2.39. The van der Waals surface area contributed by atoms with Gasteiger partial charge in [-0.15, -0.1) is 0 Å². The van der Waals surface area contributed by atoms with Gasteiger partial charge in [-0.3, -0.25) is 9.69 Å². The van der Waals surface area contributed by atoms with Gasteiger partial charge in [0.2, 0.25) is 0 Å². The van der Waals surface area contributed by atoms with Crippen molar-refractivity contribution in [3.8, 4) is 6.07 Å². The first-order valence-electron chi connectivity index (χ1n) is 11.2. The first kappa shape index (κ1) is 21.9. The molecule has 3 heterocycles. The molecule has 1 unspecified atom stereocenters. The maximum absolute atomic E-state index is 12.9. The molecule has 1 fully saturated rings. The lowest BCUT2D eigenvalue weighted by Gasteiger charge is -2.49. The predicted molar refractivity (Wildman–Crippen MR) is 125 cm³/mol. The molecule has 32 heavy (non-hydrogen) atoms. The Bertz CT molecular complexity index is 1080. The molecule has 0 N–H and O–H groups in total. The Hall–Kier alpha value is -3.30. The Labute approximate surface area is 190 Å². The van der Waals surface area contributed by atoms with Gasteiger partial charge in [0.25, 0.3) is 5.91 Å². The van der Waals surface area contributed by atoms with Crippen LogP contribution >= 0.6 is 0 Å². The van der Waals surface area contributed by atoms with Crippen LogP contribution in [0.4, 0.5) is 5.69 Å². The van der Waals surface area contributed by atoms with Crippen LogP contribution in [0.3, 0.4) is 0 Å². The highest BCUT2D eigenvalue weighted by molar-refractivity contribution is 5.94. The number of anilines is 1. The van der Waals surface area contributed by atoms with Crippen LogP contribution in [0.5, 0.6) is 0 Å². The van der Waals surface area contributed by atoms with Crippen LogP contribution in [0.15, 0.2) is 70.7 Å². The Kier molecular flexibility index (Phi) is 6.20.